The second-order valence-corrected chi connectivity index (χ2v) is 7.53. The average Bonchev–Trinajstić information content (AvgIpc) is 3.14. The van der Waals surface area contributed by atoms with Crippen molar-refractivity contribution < 1.29 is 14.7 Å². The second kappa shape index (κ2) is 4.23. The van der Waals surface area contributed by atoms with E-state index in [4.69, 9.17) is 0 Å². The lowest BCUT2D eigenvalue weighted by Crippen LogP contribution is -2.40. The quantitative estimate of drug-likeness (QED) is 0.785. The van der Waals surface area contributed by atoms with Gasteiger partial charge in [0.05, 0.1) is 5.54 Å². The Morgan fingerprint density at radius 1 is 1.36 bits per heavy atom. The van der Waals surface area contributed by atoms with Crippen LogP contribution in [-0.2, 0) is 21.7 Å². The molecule has 5 nitrogen and oxygen atoms in total. The highest BCUT2D eigenvalue weighted by molar-refractivity contribution is 6.21. The highest BCUT2D eigenvalue weighted by Gasteiger charge is 2.56. The molecule has 0 aromatic heterocycles. The van der Waals surface area contributed by atoms with Gasteiger partial charge in [-0.1, -0.05) is 12.1 Å². The van der Waals surface area contributed by atoms with E-state index in [1.54, 1.807) is 4.90 Å². The number of rotatable bonds is 1. The van der Waals surface area contributed by atoms with Crippen LogP contribution in [-0.4, -0.2) is 21.7 Å². The smallest absolute Gasteiger partial charge is 0.262 e. The van der Waals surface area contributed by atoms with Crippen LogP contribution in [0.1, 0.15) is 43.5 Å². The first-order valence-electron chi connectivity index (χ1n) is 8.44. The van der Waals surface area contributed by atoms with E-state index in [1.165, 1.54) is 6.92 Å². The third-order valence-corrected chi connectivity index (χ3v) is 5.86. The molecule has 2 aromatic rings. The number of aliphatic hydroxyl groups excluding tert-OH is 1. The number of carbonyl (C=O) groups is 2. The Hall–Kier alpha value is -2.82. The van der Waals surface area contributed by atoms with E-state index in [2.05, 4.69) is 17.4 Å². The van der Waals surface area contributed by atoms with Gasteiger partial charge in [0.1, 0.15) is 17.4 Å². The Balaban J connectivity index is 1.89. The van der Waals surface area contributed by atoms with Crippen LogP contribution in [0.4, 0.5) is 5.69 Å². The maximum atomic E-state index is 12.9. The van der Waals surface area contributed by atoms with E-state index < -0.39 is 11.6 Å². The molecular weight excluding hydrogens is 316 g/mol. The zero-order valence-corrected chi connectivity index (χ0v) is 14.3. The molecule has 2 aromatic carbocycles. The Labute approximate surface area is 144 Å². The monoisotopic (exact) mass is 334 g/mol. The molecule has 5 heteroatoms. The maximum Gasteiger partial charge on any atom is 0.262 e. The molecule has 1 atom stereocenters. The first-order chi connectivity index (χ1) is 11.8. The third-order valence-electron chi connectivity index (χ3n) is 5.86. The number of hydrogen-bond acceptors (Lipinski definition) is 4. The highest BCUT2D eigenvalue weighted by Crippen LogP contribution is 2.56. The molecule has 3 heterocycles. The topological polar surface area (TPSA) is 69.6 Å². The molecule has 0 bridgehead atoms. The highest BCUT2D eigenvalue weighted by atomic mass is 16.3. The summed E-state index contributed by atoms with van der Waals surface area (Å²) in [5, 5.41) is 16.4. The maximum absolute atomic E-state index is 12.9. The number of benzene rings is 2. The van der Waals surface area contributed by atoms with E-state index in [0.717, 1.165) is 33.2 Å². The average molecular weight is 334 g/mol. The number of Topliss-reactive ketones (excluding diaryl/α,β-unsaturated/α-hetero) is 1. The van der Waals surface area contributed by atoms with Gasteiger partial charge in [-0.15, -0.1) is 0 Å². The summed E-state index contributed by atoms with van der Waals surface area (Å²) in [4.78, 5) is 26.5. The fourth-order valence-corrected chi connectivity index (χ4v) is 4.80. The van der Waals surface area contributed by atoms with Crippen LogP contribution in [0.15, 0.2) is 35.6 Å². The summed E-state index contributed by atoms with van der Waals surface area (Å²) < 4.78 is 0. The molecule has 2 N–H and O–H groups in total. The minimum atomic E-state index is -0.592. The Morgan fingerprint density at radius 3 is 2.84 bits per heavy atom. The summed E-state index contributed by atoms with van der Waals surface area (Å²) >= 11 is 0. The van der Waals surface area contributed by atoms with Crippen molar-refractivity contribution in [1.82, 2.24) is 4.90 Å². The van der Waals surface area contributed by atoms with Crippen molar-refractivity contribution in [1.29, 1.82) is 0 Å². The van der Waals surface area contributed by atoms with Crippen LogP contribution in [0.3, 0.4) is 0 Å². The summed E-state index contributed by atoms with van der Waals surface area (Å²) in [5.74, 6) is -0.867. The Bertz CT molecular complexity index is 1050. The molecule has 0 radical (unpaired) electrons. The molecule has 3 aliphatic rings. The molecule has 5 rings (SSSR count). The fraction of sp³-hybridized carbons (Fsp3) is 0.300. The number of ketones is 1. The number of amides is 1. The van der Waals surface area contributed by atoms with Gasteiger partial charge < -0.3 is 15.3 Å². The van der Waals surface area contributed by atoms with Crippen molar-refractivity contribution in [3.8, 4) is 0 Å². The van der Waals surface area contributed by atoms with Crippen LogP contribution in [0.5, 0.6) is 0 Å². The molecule has 0 unspecified atom stereocenters. The molecule has 0 aliphatic carbocycles. The van der Waals surface area contributed by atoms with Crippen molar-refractivity contribution in [3.05, 3.63) is 52.3 Å². The van der Waals surface area contributed by atoms with Crippen LogP contribution in [0.25, 0.3) is 10.8 Å². The Morgan fingerprint density at radius 2 is 2.12 bits per heavy atom. The lowest BCUT2D eigenvalue weighted by Gasteiger charge is -2.32. The van der Waals surface area contributed by atoms with Crippen molar-refractivity contribution in [2.24, 2.45) is 0 Å². The van der Waals surface area contributed by atoms with E-state index in [-0.39, 0.29) is 23.0 Å². The lowest BCUT2D eigenvalue weighted by molar-refractivity contribution is -0.133. The predicted octanol–water partition coefficient (Wildman–Crippen LogP) is 3.30. The second-order valence-electron chi connectivity index (χ2n) is 7.53. The standard InChI is InChI=1S/C20H18N2O3/c1-9(23)14-18(24)17-16-11-8-21-13-6-4-5-10(15(11)13)7-12(16)20(2,3)22(17)19(14)25/h4-7,17,21,24H,8H2,1-3H3/t17-/m0/s1. The van der Waals surface area contributed by atoms with Gasteiger partial charge >= 0.3 is 0 Å². The van der Waals surface area contributed by atoms with Crippen molar-refractivity contribution in [2.75, 3.05) is 5.32 Å². The molecule has 0 saturated carbocycles. The molecule has 1 amide bonds. The summed E-state index contributed by atoms with van der Waals surface area (Å²) in [6.45, 7) is 5.95. The number of hydrogen-bond donors (Lipinski definition) is 2. The number of nitrogens with one attached hydrogen (secondary N) is 1. The zero-order chi connectivity index (χ0) is 17.7. The summed E-state index contributed by atoms with van der Waals surface area (Å²) in [7, 11) is 0. The molecule has 0 spiro atoms. The van der Waals surface area contributed by atoms with Gasteiger partial charge in [0.15, 0.2) is 5.78 Å². The lowest BCUT2D eigenvalue weighted by atomic mass is 9.86. The van der Waals surface area contributed by atoms with E-state index in [1.807, 2.05) is 26.0 Å². The first-order valence-corrected chi connectivity index (χ1v) is 8.44. The van der Waals surface area contributed by atoms with Crippen molar-refractivity contribution in [3.63, 3.8) is 0 Å². The zero-order valence-electron chi connectivity index (χ0n) is 14.3. The van der Waals surface area contributed by atoms with Gasteiger partial charge in [-0.3, -0.25) is 9.59 Å². The predicted molar refractivity (Wildman–Crippen MR) is 94.2 cm³/mol. The van der Waals surface area contributed by atoms with Gasteiger partial charge in [0.2, 0.25) is 0 Å². The number of anilines is 1. The minimum absolute atomic E-state index is 0.0738. The molecule has 3 aliphatic heterocycles. The molecule has 126 valence electrons. The third kappa shape index (κ3) is 1.50. The first kappa shape index (κ1) is 14.5. The number of fused-ring (bicyclic) bond motifs is 4. The Kier molecular flexibility index (Phi) is 2.45. The molecular formula is C20H18N2O3. The normalized spacial score (nSPS) is 22.4. The number of aliphatic hydroxyl groups is 1. The van der Waals surface area contributed by atoms with Crippen molar-refractivity contribution >= 4 is 28.2 Å². The molecule has 0 saturated heterocycles. The molecule has 25 heavy (non-hydrogen) atoms. The van der Waals surface area contributed by atoms with E-state index in [0.29, 0.717) is 6.54 Å². The number of carbonyl (C=O) groups excluding carboxylic acids is 2. The van der Waals surface area contributed by atoms with Gasteiger partial charge in [-0.05, 0) is 55.0 Å². The van der Waals surface area contributed by atoms with Gasteiger partial charge in [0.25, 0.3) is 5.91 Å². The van der Waals surface area contributed by atoms with E-state index >= 15 is 0 Å². The van der Waals surface area contributed by atoms with Crippen molar-refractivity contribution in [2.45, 2.75) is 38.9 Å². The van der Waals surface area contributed by atoms with Gasteiger partial charge in [-0.25, -0.2) is 0 Å². The molecule has 0 fully saturated rings. The van der Waals surface area contributed by atoms with Crippen LogP contribution in [0.2, 0.25) is 0 Å². The largest absolute Gasteiger partial charge is 0.509 e. The SMILES string of the molecule is CC(=O)C1=C(O)[C@@H]2c3c(cc4cccc5c4c3CN5)C(C)(C)N2C1=O. The van der Waals surface area contributed by atoms with Crippen LogP contribution in [0, 0.1) is 0 Å². The summed E-state index contributed by atoms with van der Waals surface area (Å²) in [6, 6.07) is 7.69. The summed E-state index contributed by atoms with van der Waals surface area (Å²) in [5.41, 5.74) is 3.54. The van der Waals surface area contributed by atoms with Crippen LogP contribution >= 0.6 is 0 Å². The summed E-state index contributed by atoms with van der Waals surface area (Å²) in [6.07, 6.45) is 0. The van der Waals surface area contributed by atoms with Gasteiger partial charge in [0, 0.05) is 17.6 Å². The number of nitrogens with zero attached hydrogens (tertiary/aromatic N) is 1. The minimum Gasteiger partial charge on any atom is -0.509 e. The van der Waals surface area contributed by atoms with Crippen LogP contribution < -0.4 is 5.32 Å². The van der Waals surface area contributed by atoms with Gasteiger partial charge in [-0.2, -0.15) is 0 Å². The van der Waals surface area contributed by atoms with E-state index in [9.17, 15) is 14.7 Å². The fourth-order valence-electron chi connectivity index (χ4n) is 4.80.